The quantitative estimate of drug-likeness (QED) is 0.759. The Morgan fingerprint density at radius 2 is 2.31 bits per heavy atom. The van der Waals surface area contributed by atoms with Crippen molar-refractivity contribution in [2.75, 3.05) is 37.4 Å². The second kappa shape index (κ2) is 5.18. The number of aryl methyl sites for hydroxylation is 1. The molecule has 1 saturated heterocycles. The van der Waals surface area contributed by atoms with Crippen molar-refractivity contribution in [3.8, 4) is 0 Å². The van der Waals surface area contributed by atoms with Gasteiger partial charge in [-0.2, -0.15) is 0 Å². The second-order valence-electron chi connectivity index (χ2n) is 4.04. The Bertz CT molecular complexity index is 349. The maximum Gasteiger partial charge on any atom is 0.0981 e. The second-order valence-corrected chi connectivity index (χ2v) is 4.04. The Morgan fingerprint density at radius 3 is 3.06 bits per heavy atom. The van der Waals surface area contributed by atoms with Crippen molar-refractivity contribution >= 4 is 11.4 Å². The van der Waals surface area contributed by atoms with Gasteiger partial charge >= 0.3 is 0 Å². The maximum atomic E-state index is 5.87. The van der Waals surface area contributed by atoms with E-state index in [2.05, 4.69) is 5.32 Å². The molecule has 3 N–H and O–H groups in total. The Kier molecular flexibility index (Phi) is 3.64. The van der Waals surface area contributed by atoms with E-state index in [0.29, 0.717) is 19.8 Å². The van der Waals surface area contributed by atoms with Crippen molar-refractivity contribution in [3.05, 3.63) is 23.8 Å². The van der Waals surface area contributed by atoms with Crippen LogP contribution >= 0.6 is 0 Å². The average molecular weight is 222 g/mol. The van der Waals surface area contributed by atoms with Crippen molar-refractivity contribution in [2.24, 2.45) is 0 Å². The van der Waals surface area contributed by atoms with Crippen LogP contribution in [0.4, 0.5) is 11.4 Å². The third-order valence-electron chi connectivity index (χ3n) is 2.61. The third kappa shape index (κ3) is 2.87. The lowest BCUT2D eigenvalue weighted by molar-refractivity contribution is -0.0818. The van der Waals surface area contributed by atoms with E-state index in [1.165, 1.54) is 5.56 Å². The topological polar surface area (TPSA) is 56.5 Å². The van der Waals surface area contributed by atoms with Crippen molar-refractivity contribution in [2.45, 2.75) is 13.0 Å². The molecule has 1 heterocycles. The minimum atomic E-state index is 0.119. The molecule has 0 spiro atoms. The molecule has 0 saturated carbocycles. The van der Waals surface area contributed by atoms with Gasteiger partial charge in [0.25, 0.3) is 0 Å². The molecule has 1 aliphatic rings. The van der Waals surface area contributed by atoms with Gasteiger partial charge in [0.2, 0.25) is 0 Å². The van der Waals surface area contributed by atoms with E-state index in [9.17, 15) is 0 Å². The molecular weight excluding hydrogens is 204 g/mol. The number of rotatable bonds is 3. The predicted octanol–water partition coefficient (Wildman–Crippen LogP) is 1.40. The van der Waals surface area contributed by atoms with Crippen LogP contribution in [0, 0.1) is 6.92 Å². The van der Waals surface area contributed by atoms with E-state index in [1.54, 1.807) is 0 Å². The van der Waals surface area contributed by atoms with Gasteiger partial charge in [-0.15, -0.1) is 0 Å². The zero-order chi connectivity index (χ0) is 11.4. The van der Waals surface area contributed by atoms with Crippen LogP contribution < -0.4 is 11.1 Å². The van der Waals surface area contributed by atoms with Crippen LogP contribution in [-0.2, 0) is 9.47 Å². The molecule has 16 heavy (non-hydrogen) atoms. The van der Waals surface area contributed by atoms with Crippen LogP contribution in [0.1, 0.15) is 5.56 Å². The summed E-state index contributed by atoms with van der Waals surface area (Å²) in [6.45, 7) is 4.80. The largest absolute Gasteiger partial charge is 0.397 e. The van der Waals surface area contributed by atoms with Gasteiger partial charge in [-0.25, -0.2) is 0 Å². The number of benzene rings is 1. The summed E-state index contributed by atoms with van der Waals surface area (Å²) in [7, 11) is 0. The molecule has 0 bridgehead atoms. The third-order valence-corrected chi connectivity index (χ3v) is 2.61. The zero-order valence-electron chi connectivity index (χ0n) is 9.53. The summed E-state index contributed by atoms with van der Waals surface area (Å²) < 4.78 is 10.9. The summed E-state index contributed by atoms with van der Waals surface area (Å²) in [5.74, 6) is 0. The van der Waals surface area contributed by atoms with Crippen molar-refractivity contribution in [1.82, 2.24) is 0 Å². The number of nitrogens with one attached hydrogen (secondary N) is 1. The van der Waals surface area contributed by atoms with Gasteiger partial charge in [-0.3, -0.25) is 0 Å². The predicted molar refractivity (Wildman–Crippen MR) is 64.6 cm³/mol. The van der Waals surface area contributed by atoms with Crippen LogP contribution in [0.3, 0.4) is 0 Å². The Hall–Kier alpha value is -1.26. The molecule has 1 aliphatic heterocycles. The van der Waals surface area contributed by atoms with Gasteiger partial charge in [-0.05, 0) is 24.6 Å². The first-order valence-electron chi connectivity index (χ1n) is 5.55. The van der Waals surface area contributed by atoms with E-state index in [0.717, 1.165) is 17.9 Å². The highest BCUT2D eigenvalue weighted by Gasteiger charge is 2.14. The average Bonchev–Trinajstić information content (AvgIpc) is 2.32. The smallest absolute Gasteiger partial charge is 0.0981 e. The highest BCUT2D eigenvalue weighted by molar-refractivity contribution is 5.66. The first kappa shape index (κ1) is 11.2. The molecule has 4 heteroatoms. The van der Waals surface area contributed by atoms with Crippen LogP contribution in [0.2, 0.25) is 0 Å². The highest BCUT2D eigenvalue weighted by Crippen LogP contribution is 2.19. The number of anilines is 2. The first-order valence-corrected chi connectivity index (χ1v) is 5.55. The number of nitrogens with two attached hydrogens (primary N) is 1. The van der Waals surface area contributed by atoms with E-state index in [1.807, 2.05) is 25.1 Å². The maximum absolute atomic E-state index is 5.87. The van der Waals surface area contributed by atoms with Gasteiger partial charge in [0.05, 0.1) is 37.3 Å². The summed E-state index contributed by atoms with van der Waals surface area (Å²) in [6, 6.07) is 5.95. The Labute approximate surface area is 95.7 Å². The lowest BCUT2D eigenvalue weighted by Crippen LogP contribution is -2.34. The molecule has 1 aromatic rings. The Morgan fingerprint density at radius 1 is 1.44 bits per heavy atom. The fourth-order valence-electron chi connectivity index (χ4n) is 1.70. The molecule has 1 aromatic carbocycles. The SMILES string of the molecule is Cc1ccc(N)c(NCC2COCCO2)c1. The molecule has 4 nitrogen and oxygen atoms in total. The van der Waals surface area contributed by atoms with Gasteiger partial charge in [0, 0.05) is 6.54 Å². The fourth-order valence-corrected chi connectivity index (χ4v) is 1.70. The van der Waals surface area contributed by atoms with Gasteiger partial charge in [0.15, 0.2) is 0 Å². The minimum Gasteiger partial charge on any atom is -0.397 e. The van der Waals surface area contributed by atoms with Gasteiger partial charge < -0.3 is 20.5 Å². The standard InChI is InChI=1S/C12H18N2O2/c1-9-2-3-11(13)12(6-9)14-7-10-8-15-4-5-16-10/h2-3,6,10,14H,4-5,7-8,13H2,1H3. The number of hydrogen-bond donors (Lipinski definition) is 2. The lowest BCUT2D eigenvalue weighted by Gasteiger charge is -2.23. The normalized spacial score (nSPS) is 20.7. The highest BCUT2D eigenvalue weighted by atomic mass is 16.6. The van der Waals surface area contributed by atoms with Crippen molar-refractivity contribution in [3.63, 3.8) is 0 Å². The van der Waals surface area contributed by atoms with E-state index in [-0.39, 0.29) is 6.10 Å². The molecule has 1 fully saturated rings. The summed E-state index contributed by atoms with van der Waals surface area (Å²) in [5, 5.41) is 3.29. The summed E-state index contributed by atoms with van der Waals surface area (Å²) in [5.41, 5.74) is 8.80. The van der Waals surface area contributed by atoms with Crippen LogP contribution in [0.15, 0.2) is 18.2 Å². The molecule has 0 aromatic heterocycles. The Balaban J connectivity index is 1.90. The molecular formula is C12H18N2O2. The fraction of sp³-hybridized carbons (Fsp3) is 0.500. The first-order chi connectivity index (χ1) is 7.75. The van der Waals surface area contributed by atoms with E-state index >= 15 is 0 Å². The monoisotopic (exact) mass is 222 g/mol. The van der Waals surface area contributed by atoms with Gasteiger partial charge in [-0.1, -0.05) is 6.07 Å². The van der Waals surface area contributed by atoms with E-state index < -0.39 is 0 Å². The van der Waals surface area contributed by atoms with Crippen molar-refractivity contribution in [1.29, 1.82) is 0 Å². The zero-order valence-corrected chi connectivity index (χ0v) is 9.53. The lowest BCUT2D eigenvalue weighted by atomic mass is 10.2. The number of ether oxygens (including phenoxy) is 2. The van der Waals surface area contributed by atoms with Crippen LogP contribution in [0.25, 0.3) is 0 Å². The molecule has 0 radical (unpaired) electrons. The van der Waals surface area contributed by atoms with E-state index in [4.69, 9.17) is 15.2 Å². The van der Waals surface area contributed by atoms with Crippen LogP contribution in [-0.4, -0.2) is 32.5 Å². The van der Waals surface area contributed by atoms with Gasteiger partial charge in [0.1, 0.15) is 0 Å². The number of nitrogen functional groups attached to an aromatic ring is 1. The minimum absolute atomic E-state index is 0.119. The molecule has 1 atom stereocenters. The summed E-state index contributed by atoms with van der Waals surface area (Å²) >= 11 is 0. The molecule has 0 aliphatic carbocycles. The molecule has 88 valence electrons. The summed E-state index contributed by atoms with van der Waals surface area (Å²) in [4.78, 5) is 0. The molecule has 2 rings (SSSR count). The summed E-state index contributed by atoms with van der Waals surface area (Å²) in [6.07, 6.45) is 0.119. The molecule has 0 amide bonds. The van der Waals surface area contributed by atoms with Crippen molar-refractivity contribution < 1.29 is 9.47 Å². The number of hydrogen-bond acceptors (Lipinski definition) is 4. The molecule has 1 unspecified atom stereocenters. The van der Waals surface area contributed by atoms with Crippen LogP contribution in [0.5, 0.6) is 0 Å².